The fraction of sp³-hybridized carbons (Fsp3) is 0.462. The first-order chi connectivity index (χ1) is 8.03. The first-order valence-electron chi connectivity index (χ1n) is 5.63. The van der Waals surface area contributed by atoms with Crippen LogP contribution in [0.15, 0.2) is 18.2 Å². The Kier molecular flexibility index (Phi) is 3.24. The van der Waals surface area contributed by atoms with Crippen molar-refractivity contribution in [3.05, 3.63) is 35.4 Å². The molecule has 4 heteroatoms. The van der Waals surface area contributed by atoms with Gasteiger partial charge in [-0.25, -0.2) is 8.78 Å². The van der Waals surface area contributed by atoms with Gasteiger partial charge in [0.25, 0.3) is 0 Å². The van der Waals surface area contributed by atoms with Crippen molar-refractivity contribution in [3.63, 3.8) is 0 Å². The number of benzene rings is 1. The molecule has 1 aliphatic heterocycles. The average Bonchev–Trinajstić information content (AvgIpc) is 2.73. The molecule has 0 amide bonds. The number of carbonyl (C=O) groups excluding carboxylic acids is 1. The molecule has 0 spiro atoms. The Labute approximate surface area is 98.6 Å². The molecule has 1 aliphatic rings. The van der Waals surface area contributed by atoms with Crippen molar-refractivity contribution in [1.82, 2.24) is 0 Å². The van der Waals surface area contributed by atoms with Crippen molar-refractivity contribution in [1.29, 1.82) is 0 Å². The van der Waals surface area contributed by atoms with Crippen LogP contribution in [0.3, 0.4) is 0 Å². The second-order valence-corrected chi connectivity index (χ2v) is 4.50. The number of hydrogen-bond acceptors (Lipinski definition) is 2. The van der Waals surface area contributed by atoms with Gasteiger partial charge < -0.3 is 4.74 Å². The van der Waals surface area contributed by atoms with Crippen LogP contribution in [-0.2, 0) is 16.0 Å². The Morgan fingerprint density at radius 2 is 2.24 bits per heavy atom. The van der Waals surface area contributed by atoms with E-state index >= 15 is 0 Å². The first-order valence-corrected chi connectivity index (χ1v) is 5.63. The summed E-state index contributed by atoms with van der Waals surface area (Å²) < 4.78 is 31.8. The third-order valence-electron chi connectivity index (χ3n) is 3.19. The number of hydrogen-bond donors (Lipinski definition) is 0. The molecule has 17 heavy (non-hydrogen) atoms. The number of halogens is 2. The third kappa shape index (κ3) is 2.36. The molecule has 1 atom stereocenters. The molecular weight excluding hydrogens is 226 g/mol. The smallest absolute Gasteiger partial charge is 0.168 e. The van der Waals surface area contributed by atoms with E-state index in [9.17, 15) is 13.6 Å². The van der Waals surface area contributed by atoms with Gasteiger partial charge in [-0.1, -0.05) is 12.1 Å². The molecule has 0 N–H and O–H groups in total. The fourth-order valence-electron chi connectivity index (χ4n) is 2.04. The van der Waals surface area contributed by atoms with Crippen LogP contribution in [0.2, 0.25) is 0 Å². The van der Waals surface area contributed by atoms with E-state index in [1.165, 1.54) is 12.1 Å². The summed E-state index contributed by atoms with van der Waals surface area (Å²) in [5.74, 6) is -2.06. The highest BCUT2D eigenvalue weighted by Crippen LogP contribution is 2.27. The lowest BCUT2D eigenvalue weighted by Gasteiger charge is -2.21. The minimum Gasteiger partial charge on any atom is -0.367 e. The van der Waals surface area contributed by atoms with Crippen LogP contribution in [0.25, 0.3) is 0 Å². The zero-order chi connectivity index (χ0) is 12.5. The van der Waals surface area contributed by atoms with Crippen LogP contribution in [-0.4, -0.2) is 18.0 Å². The largest absolute Gasteiger partial charge is 0.367 e. The maximum atomic E-state index is 13.4. The SMILES string of the molecule is CC1(C(=O)Cc2cccc(F)c2F)CCCO1. The number of rotatable bonds is 3. The Morgan fingerprint density at radius 3 is 2.88 bits per heavy atom. The Hall–Kier alpha value is -1.29. The second kappa shape index (κ2) is 4.53. The van der Waals surface area contributed by atoms with E-state index in [0.717, 1.165) is 12.5 Å². The highest BCUT2D eigenvalue weighted by molar-refractivity contribution is 5.89. The maximum Gasteiger partial charge on any atom is 0.168 e. The summed E-state index contributed by atoms with van der Waals surface area (Å²) in [5, 5.41) is 0. The van der Waals surface area contributed by atoms with Crippen molar-refractivity contribution in [3.8, 4) is 0 Å². The molecule has 1 aromatic carbocycles. The number of Topliss-reactive ketones (excluding diaryl/α,β-unsaturated/α-hetero) is 1. The molecule has 92 valence electrons. The van der Waals surface area contributed by atoms with Gasteiger partial charge in [0.1, 0.15) is 5.60 Å². The summed E-state index contributed by atoms with van der Waals surface area (Å²) >= 11 is 0. The van der Waals surface area contributed by atoms with E-state index in [0.29, 0.717) is 13.0 Å². The van der Waals surface area contributed by atoms with Crippen molar-refractivity contribution < 1.29 is 18.3 Å². The van der Waals surface area contributed by atoms with Crippen LogP contribution in [0.5, 0.6) is 0 Å². The Bertz CT molecular complexity index is 437. The van der Waals surface area contributed by atoms with E-state index in [2.05, 4.69) is 0 Å². The minimum atomic E-state index is -0.942. The fourth-order valence-corrected chi connectivity index (χ4v) is 2.04. The van der Waals surface area contributed by atoms with Gasteiger partial charge in [-0.05, 0) is 31.4 Å². The lowest BCUT2D eigenvalue weighted by molar-refractivity contribution is -0.136. The summed E-state index contributed by atoms with van der Waals surface area (Å²) in [5.41, 5.74) is -0.745. The zero-order valence-corrected chi connectivity index (χ0v) is 9.63. The molecule has 2 nitrogen and oxygen atoms in total. The standard InChI is InChI=1S/C13H14F2O2/c1-13(6-3-7-17-13)11(16)8-9-4-2-5-10(14)12(9)15/h2,4-5H,3,6-8H2,1H3. The minimum absolute atomic E-state index is 0.0896. The van der Waals surface area contributed by atoms with Gasteiger partial charge in [0.2, 0.25) is 0 Å². The van der Waals surface area contributed by atoms with E-state index < -0.39 is 17.2 Å². The summed E-state index contributed by atoms with van der Waals surface area (Å²) in [6.45, 7) is 2.26. The summed E-state index contributed by atoms with van der Waals surface area (Å²) in [4.78, 5) is 12.0. The lowest BCUT2D eigenvalue weighted by atomic mass is 9.92. The molecule has 1 unspecified atom stereocenters. The zero-order valence-electron chi connectivity index (χ0n) is 9.63. The van der Waals surface area contributed by atoms with E-state index in [1.807, 2.05) is 0 Å². The predicted octanol–water partition coefficient (Wildman–Crippen LogP) is 2.65. The highest BCUT2D eigenvalue weighted by Gasteiger charge is 2.37. The van der Waals surface area contributed by atoms with Gasteiger partial charge in [-0.2, -0.15) is 0 Å². The molecule has 0 radical (unpaired) electrons. The normalized spacial score (nSPS) is 23.9. The van der Waals surface area contributed by atoms with Crippen LogP contribution in [0, 0.1) is 11.6 Å². The number of ketones is 1. The van der Waals surface area contributed by atoms with Gasteiger partial charge in [0.05, 0.1) is 0 Å². The second-order valence-electron chi connectivity index (χ2n) is 4.50. The van der Waals surface area contributed by atoms with Gasteiger partial charge in [-0.3, -0.25) is 4.79 Å². The molecule has 0 bridgehead atoms. The molecule has 1 saturated heterocycles. The predicted molar refractivity (Wildman–Crippen MR) is 58.7 cm³/mol. The van der Waals surface area contributed by atoms with Crippen molar-refractivity contribution in [2.24, 2.45) is 0 Å². The quantitative estimate of drug-likeness (QED) is 0.811. The van der Waals surface area contributed by atoms with Gasteiger partial charge >= 0.3 is 0 Å². The molecule has 0 aliphatic carbocycles. The molecule has 1 fully saturated rings. The molecule has 1 aromatic rings. The number of ether oxygens (including phenoxy) is 1. The van der Waals surface area contributed by atoms with Gasteiger partial charge in [-0.15, -0.1) is 0 Å². The number of carbonyl (C=O) groups is 1. The molecule has 1 heterocycles. The van der Waals surface area contributed by atoms with Crippen LogP contribution in [0.4, 0.5) is 8.78 Å². The van der Waals surface area contributed by atoms with E-state index in [-0.39, 0.29) is 17.8 Å². The molecule has 2 rings (SSSR count). The van der Waals surface area contributed by atoms with E-state index in [1.54, 1.807) is 6.92 Å². The highest BCUT2D eigenvalue weighted by atomic mass is 19.2. The maximum absolute atomic E-state index is 13.4. The van der Waals surface area contributed by atoms with E-state index in [4.69, 9.17) is 4.74 Å². The summed E-state index contributed by atoms with van der Waals surface area (Å²) in [6.07, 6.45) is 1.34. The topological polar surface area (TPSA) is 26.3 Å². The van der Waals surface area contributed by atoms with Crippen LogP contribution in [0.1, 0.15) is 25.3 Å². The summed E-state index contributed by atoms with van der Waals surface area (Å²) in [6, 6.07) is 3.87. The summed E-state index contributed by atoms with van der Waals surface area (Å²) in [7, 11) is 0. The van der Waals surface area contributed by atoms with Gasteiger partial charge in [0.15, 0.2) is 17.4 Å². The average molecular weight is 240 g/mol. The van der Waals surface area contributed by atoms with Crippen LogP contribution >= 0.6 is 0 Å². The molecular formula is C13H14F2O2. The Morgan fingerprint density at radius 1 is 1.47 bits per heavy atom. The first kappa shape index (κ1) is 12.2. The van der Waals surface area contributed by atoms with Crippen molar-refractivity contribution in [2.45, 2.75) is 31.8 Å². The molecule has 0 saturated carbocycles. The van der Waals surface area contributed by atoms with Gasteiger partial charge in [0, 0.05) is 13.0 Å². The van der Waals surface area contributed by atoms with Crippen LogP contribution < -0.4 is 0 Å². The lowest BCUT2D eigenvalue weighted by Crippen LogP contribution is -2.35. The van der Waals surface area contributed by atoms with Crippen molar-refractivity contribution in [2.75, 3.05) is 6.61 Å². The third-order valence-corrected chi connectivity index (χ3v) is 3.19. The molecule has 0 aromatic heterocycles. The monoisotopic (exact) mass is 240 g/mol. The Balaban J connectivity index is 2.16. The van der Waals surface area contributed by atoms with Crippen molar-refractivity contribution >= 4 is 5.78 Å².